The zero-order chi connectivity index (χ0) is 19.8. The molecule has 0 radical (unpaired) electrons. The van der Waals surface area contributed by atoms with E-state index in [0.717, 1.165) is 35.6 Å². The lowest BCUT2D eigenvalue weighted by atomic mass is 9.95. The highest BCUT2D eigenvalue weighted by Gasteiger charge is 2.24. The van der Waals surface area contributed by atoms with Crippen molar-refractivity contribution in [2.45, 2.75) is 45.6 Å². The van der Waals surface area contributed by atoms with Gasteiger partial charge in [-0.25, -0.2) is 4.98 Å². The molecule has 4 aromatic rings. The van der Waals surface area contributed by atoms with E-state index < -0.39 is 0 Å². The van der Waals surface area contributed by atoms with Gasteiger partial charge >= 0.3 is 0 Å². The molecule has 0 saturated heterocycles. The van der Waals surface area contributed by atoms with Gasteiger partial charge in [0.05, 0.1) is 5.69 Å². The molecule has 0 bridgehead atoms. The maximum atomic E-state index is 5.11. The first-order valence-electron chi connectivity index (χ1n) is 10.5. The van der Waals surface area contributed by atoms with E-state index in [1.165, 1.54) is 35.2 Å². The first-order valence-corrected chi connectivity index (χ1v) is 10.5. The highest BCUT2D eigenvalue weighted by molar-refractivity contribution is 5.81. The Hall–Kier alpha value is -3.14. The standard InChI is InChI=1S/C25H26N4/c1-17(19-11-5-3-6-12-19)26-24-21-15-9-10-16-22(21)27-25-23(18(2)28-29(24)25)20-13-7-4-8-14-20/h3-8,11-14,17,26H,9-10,15-16H2,1-2H3/t17-/m0/s1. The molecule has 4 heteroatoms. The molecular weight excluding hydrogens is 356 g/mol. The highest BCUT2D eigenvalue weighted by atomic mass is 15.3. The summed E-state index contributed by atoms with van der Waals surface area (Å²) in [6, 6.07) is 21.3. The van der Waals surface area contributed by atoms with Crippen molar-refractivity contribution >= 4 is 11.5 Å². The van der Waals surface area contributed by atoms with Crippen molar-refractivity contribution in [3.8, 4) is 11.1 Å². The molecule has 2 aromatic carbocycles. The highest BCUT2D eigenvalue weighted by Crippen LogP contribution is 2.35. The van der Waals surface area contributed by atoms with Gasteiger partial charge in [0, 0.05) is 22.9 Å². The summed E-state index contributed by atoms with van der Waals surface area (Å²) in [5.41, 5.74) is 8.10. The molecule has 2 aromatic heterocycles. The average molecular weight is 383 g/mol. The molecule has 0 unspecified atom stereocenters. The number of hydrogen-bond donors (Lipinski definition) is 1. The number of aromatic nitrogens is 3. The van der Waals surface area contributed by atoms with Crippen molar-refractivity contribution in [2.75, 3.05) is 5.32 Å². The van der Waals surface area contributed by atoms with Gasteiger partial charge in [0.1, 0.15) is 5.82 Å². The van der Waals surface area contributed by atoms with E-state index in [9.17, 15) is 0 Å². The fourth-order valence-corrected chi connectivity index (χ4v) is 4.42. The normalized spacial score (nSPS) is 14.6. The van der Waals surface area contributed by atoms with Crippen LogP contribution in [0.4, 0.5) is 5.82 Å². The summed E-state index contributed by atoms with van der Waals surface area (Å²) in [6.07, 6.45) is 4.51. The molecule has 1 aliphatic carbocycles. The number of anilines is 1. The third-order valence-electron chi connectivity index (χ3n) is 5.93. The van der Waals surface area contributed by atoms with Crippen molar-refractivity contribution in [1.82, 2.24) is 14.6 Å². The molecule has 0 saturated carbocycles. The van der Waals surface area contributed by atoms with Gasteiger partial charge in [-0.3, -0.25) is 0 Å². The second-order valence-corrected chi connectivity index (χ2v) is 7.93. The van der Waals surface area contributed by atoms with Gasteiger partial charge in [-0.05, 0) is 50.7 Å². The number of benzene rings is 2. The summed E-state index contributed by atoms with van der Waals surface area (Å²) in [5, 5.41) is 8.72. The van der Waals surface area contributed by atoms with Gasteiger partial charge in [-0.1, -0.05) is 60.7 Å². The molecule has 2 heterocycles. The van der Waals surface area contributed by atoms with E-state index in [0.29, 0.717) is 0 Å². The molecule has 1 atom stereocenters. The minimum absolute atomic E-state index is 0.192. The second kappa shape index (κ2) is 7.36. The molecule has 0 aliphatic heterocycles. The quantitative estimate of drug-likeness (QED) is 0.488. The lowest BCUT2D eigenvalue weighted by Gasteiger charge is -2.23. The van der Waals surface area contributed by atoms with Crippen LogP contribution in [0.5, 0.6) is 0 Å². The molecule has 0 spiro atoms. The summed E-state index contributed by atoms with van der Waals surface area (Å²) < 4.78 is 2.04. The van der Waals surface area contributed by atoms with Crippen LogP contribution in [0.15, 0.2) is 60.7 Å². The van der Waals surface area contributed by atoms with Crippen LogP contribution >= 0.6 is 0 Å². The topological polar surface area (TPSA) is 42.2 Å². The molecule has 1 aliphatic rings. The molecule has 5 rings (SSSR count). The van der Waals surface area contributed by atoms with Crippen molar-refractivity contribution in [1.29, 1.82) is 0 Å². The Bertz CT molecular complexity index is 1150. The van der Waals surface area contributed by atoms with Gasteiger partial charge < -0.3 is 5.32 Å². The van der Waals surface area contributed by atoms with E-state index in [1.54, 1.807) is 0 Å². The average Bonchev–Trinajstić information content (AvgIpc) is 3.10. The van der Waals surface area contributed by atoms with Crippen molar-refractivity contribution in [3.05, 3.63) is 83.2 Å². The van der Waals surface area contributed by atoms with E-state index in [2.05, 4.69) is 73.8 Å². The van der Waals surface area contributed by atoms with Gasteiger partial charge in [-0.2, -0.15) is 9.61 Å². The van der Waals surface area contributed by atoms with Crippen LogP contribution in [0, 0.1) is 6.92 Å². The van der Waals surface area contributed by atoms with Crippen LogP contribution in [-0.4, -0.2) is 14.6 Å². The summed E-state index contributed by atoms with van der Waals surface area (Å²) >= 11 is 0. The number of fused-ring (bicyclic) bond motifs is 2. The number of rotatable bonds is 4. The lowest BCUT2D eigenvalue weighted by molar-refractivity contribution is 0.658. The molecule has 0 amide bonds. The molecule has 1 N–H and O–H groups in total. The largest absolute Gasteiger partial charge is 0.363 e. The van der Waals surface area contributed by atoms with Crippen LogP contribution in [-0.2, 0) is 12.8 Å². The smallest absolute Gasteiger partial charge is 0.165 e. The van der Waals surface area contributed by atoms with E-state index in [1.807, 2.05) is 10.6 Å². The van der Waals surface area contributed by atoms with Crippen molar-refractivity contribution in [3.63, 3.8) is 0 Å². The third-order valence-corrected chi connectivity index (χ3v) is 5.93. The zero-order valence-electron chi connectivity index (χ0n) is 17.0. The van der Waals surface area contributed by atoms with Crippen molar-refractivity contribution < 1.29 is 0 Å². The van der Waals surface area contributed by atoms with Crippen LogP contribution in [0.2, 0.25) is 0 Å². The Morgan fingerprint density at radius 3 is 2.38 bits per heavy atom. The number of nitrogens with one attached hydrogen (secondary N) is 1. The molecular formula is C25H26N4. The van der Waals surface area contributed by atoms with Crippen LogP contribution in [0.25, 0.3) is 16.8 Å². The predicted molar refractivity (Wildman–Crippen MR) is 118 cm³/mol. The zero-order valence-corrected chi connectivity index (χ0v) is 17.0. The Labute approximate surface area is 171 Å². The number of hydrogen-bond acceptors (Lipinski definition) is 3. The fraction of sp³-hybridized carbons (Fsp3) is 0.280. The van der Waals surface area contributed by atoms with E-state index >= 15 is 0 Å². The summed E-state index contributed by atoms with van der Waals surface area (Å²) in [5.74, 6) is 1.10. The van der Waals surface area contributed by atoms with Crippen LogP contribution in [0.3, 0.4) is 0 Å². The molecule has 0 fully saturated rings. The Morgan fingerprint density at radius 2 is 1.62 bits per heavy atom. The molecule has 4 nitrogen and oxygen atoms in total. The maximum absolute atomic E-state index is 5.11. The Balaban J connectivity index is 1.70. The Morgan fingerprint density at radius 1 is 0.931 bits per heavy atom. The van der Waals surface area contributed by atoms with E-state index in [4.69, 9.17) is 10.1 Å². The number of nitrogens with zero attached hydrogens (tertiary/aromatic N) is 3. The van der Waals surface area contributed by atoms with Gasteiger partial charge in [-0.15, -0.1) is 0 Å². The van der Waals surface area contributed by atoms with Crippen LogP contribution < -0.4 is 5.32 Å². The second-order valence-electron chi connectivity index (χ2n) is 7.93. The summed E-state index contributed by atoms with van der Waals surface area (Å²) in [4.78, 5) is 5.11. The van der Waals surface area contributed by atoms with Crippen LogP contribution in [0.1, 0.15) is 48.3 Å². The minimum atomic E-state index is 0.192. The van der Waals surface area contributed by atoms with Gasteiger partial charge in [0.2, 0.25) is 0 Å². The first kappa shape index (κ1) is 17.9. The molecule has 146 valence electrons. The maximum Gasteiger partial charge on any atom is 0.165 e. The van der Waals surface area contributed by atoms with E-state index in [-0.39, 0.29) is 6.04 Å². The summed E-state index contributed by atoms with van der Waals surface area (Å²) in [7, 11) is 0. The van der Waals surface area contributed by atoms with Crippen molar-refractivity contribution in [2.24, 2.45) is 0 Å². The lowest BCUT2D eigenvalue weighted by Crippen LogP contribution is -2.17. The third kappa shape index (κ3) is 3.19. The number of aryl methyl sites for hydroxylation is 2. The monoisotopic (exact) mass is 382 g/mol. The molecule has 29 heavy (non-hydrogen) atoms. The Kier molecular flexibility index (Phi) is 4.55. The predicted octanol–water partition coefficient (Wildman–Crippen LogP) is 5.76. The minimum Gasteiger partial charge on any atom is -0.363 e. The summed E-state index contributed by atoms with van der Waals surface area (Å²) in [6.45, 7) is 4.30. The fourth-order valence-electron chi connectivity index (χ4n) is 4.42. The first-order chi connectivity index (χ1) is 14.2. The van der Waals surface area contributed by atoms with Gasteiger partial charge in [0.25, 0.3) is 0 Å². The SMILES string of the molecule is Cc1nn2c(N[C@@H](C)c3ccccc3)c3c(nc2c1-c1ccccc1)CCCC3. The van der Waals surface area contributed by atoms with Gasteiger partial charge in [0.15, 0.2) is 5.65 Å².